The van der Waals surface area contributed by atoms with E-state index in [0.29, 0.717) is 6.42 Å². The summed E-state index contributed by atoms with van der Waals surface area (Å²) in [5.41, 5.74) is 4.77. The Labute approximate surface area is 132 Å². The van der Waals surface area contributed by atoms with Crippen LogP contribution in [0.5, 0.6) is 0 Å². The zero-order chi connectivity index (χ0) is 15.7. The lowest BCUT2D eigenvalue weighted by Gasteiger charge is -2.41. The van der Waals surface area contributed by atoms with Gasteiger partial charge in [-0.2, -0.15) is 0 Å². The molecule has 0 saturated carbocycles. The molecule has 1 aromatic carbocycles. The first-order valence-electron chi connectivity index (χ1n) is 8.37. The predicted molar refractivity (Wildman–Crippen MR) is 87.5 cm³/mol. The van der Waals surface area contributed by atoms with Crippen molar-refractivity contribution in [2.24, 2.45) is 0 Å². The average Bonchev–Trinajstić information content (AvgIpc) is 2.86. The van der Waals surface area contributed by atoms with Crippen LogP contribution in [0.2, 0.25) is 0 Å². The third kappa shape index (κ3) is 2.82. The zero-order valence-corrected chi connectivity index (χ0v) is 13.3. The Morgan fingerprint density at radius 2 is 2.23 bits per heavy atom. The molecule has 1 unspecified atom stereocenters. The van der Waals surface area contributed by atoms with Crippen LogP contribution in [0.3, 0.4) is 0 Å². The average molecular weight is 299 g/mol. The molecule has 1 saturated heterocycles. The maximum atomic E-state index is 11.9. The van der Waals surface area contributed by atoms with Crippen LogP contribution in [0.15, 0.2) is 30.4 Å². The predicted octanol–water partition coefficient (Wildman–Crippen LogP) is 3.69. The fraction of sp³-hybridized carbons (Fsp3) is 0.526. The SMILES string of the molecule is C=C(CCC)CCN1C(=O)C[C@@H]1c1ccc2c(c1)CCC2O. The lowest BCUT2D eigenvalue weighted by molar-refractivity contribution is -0.146. The Morgan fingerprint density at radius 1 is 1.41 bits per heavy atom. The summed E-state index contributed by atoms with van der Waals surface area (Å²) in [5.74, 6) is 0.245. The number of hydrogen-bond donors (Lipinski definition) is 1. The molecular weight excluding hydrogens is 274 g/mol. The number of hydrogen-bond acceptors (Lipinski definition) is 2. The van der Waals surface area contributed by atoms with Gasteiger partial charge in [0.1, 0.15) is 0 Å². The molecule has 1 aliphatic heterocycles. The number of nitrogens with zero attached hydrogens (tertiary/aromatic N) is 1. The smallest absolute Gasteiger partial charge is 0.225 e. The van der Waals surface area contributed by atoms with E-state index in [9.17, 15) is 9.90 Å². The first-order valence-corrected chi connectivity index (χ1v) is 8.37. The molecule has 3 nitrogen and oxygen atoms in total. The number of aliphatic hydroxyl groups excluding tert-OH is 1. The van der Waals surface area contributed by atoms with Gasteiger partial charge in [0.15, 0.2) is 0 Å². The molecule has 118 valence electrons. The van der Waals surface area contributed by atoms with Crippen molar-refractivity contribution in [2.45, 2.75) is 57.6 Å². The molecule has 0 spiro atoms. The molecule has 22 heavy (non-hydrogen) atoms. The van der Waals surface area contributed by atoms with E-state index in [4.69, 9.17) is 0 Å². The Kier molecular flexibility index (Phi) is 4.34. The summed E-state index contributed by atoms with van der Waals surface area (Å²) in [6.45, 7) is 7.02. The molecule has 3 heteroatoms. The molecule has 1 fully saturated rings. The molecule has 2 atom stereocenters. The van der Waals surface area contributed by atoms with E-state index in [0.717, 1.165) is 44.2 Å². The van der Waals surface area contributed by atoms with E-state index in [1.165, 1.54) is 16.7 Å². The molecule has 1 heterocycles. The second-order valence-corrected chi connectivity index (χ2v) is 6.57. The highest BCUT2D eigenvalue weighted by molar-refractivity contribution is 5.83. The topological polar surface area (TPSA) is 40.5 Å². The minimum Gasteiger partial charge on any atom is -0.388 e. The van der Waals surface area contributed by atoms with Gasteiger partial charge >= 0.3 is 0 Å². The Bertz CT molecular complexity index is 593. The minimum absolute atomic E-state index is 0.213. The molecule has 1 aromatic rings. The van der Waals surface area contributed by atoms with Gasteiger partial charge in [-0.15, -0.1) is 0 Å². The number of fused-ring (bicyclic) bond motifs is 1. The number of aliphatic hydroxyl groups is 1. The summed E-state index contributed by atoms with van der Waals surface area (Å²) in [6, 6.07) is 6.53. The maximum Gasteiger partial charge on any atom is 0.225 e. The third-order valence-corrected chi connectivity index (χ3v) is 4.97. The van der Waals surface area contributed by atoms with E-state index in [-0.39, 0.29) is 18.1 Å². The summed E-state index contributed by atoms with van der Waals surface area (Å²) in [6.07, 6.45) is 5.13. The van der Waals surface area contributed by atoms with Gasteiger partial charge < -0.3 is 10.0 Å². The molecule has 1 aliphatic carbocycles. The van der Waals surface area contributed by atoms with E-state index in [1.807, 2.05) is 11.0 Å². The molecule has 0 bridgehead atoms. The number of β-lactam (4-membered cyclic amide) rings is 1. The standard InChI is InChI=1S/C19H25NO2/c1-3-4-13(2)9-10-20-17(12-19(20)22)15-5-7-16-14(11-15)6-8-18(16)21/h5,7,11,17-18,21H,2-4,6,8-10,12H2,1H3/t17-,18?/m1/s1. The van der Waals surface area contributed by atoms with Crippen molar-refractivity contribution in [1.29, 1.82) is 0 Å². The summed E-state index contributed by atoms with van der Waals surface area (Å²) >= 11 is 0. The van der Waals surface area contributed by atoms with Gasteiger partial charge in [0.25, 0.3) is 0 Å². The quantitative estimate of drug-likeness (QED) is 0.643. The molecule has 0 radical (unpaired) electrons. The second-order valence-electron chi connectivity index (χ2n) is 6.57. The van der Waals surface area contributed by atoms with Gasteiger partial charge in [-0.05, 0) is 42.4 Å². The zero-order valence-electron chi connectivity index (χ0n) is 13.3. The van der Waals surface area contributed by atoms with Crippen LogP contribution in [0.1, 0.15) is 67.9 Å². The number of benzene rings is 1. The van der Waals surface area contributed by atoms with Crippen LogP contribution in [-0.2, 0) is 11.2 Å². The first kappa shape index (κ1) is 15.3. The van der Waals surface area contributed by atoms with Crippen molar-refractivity contribution in [3.63, 3.8) is 0 Å². The summed E-state index contributed by atoms with van der Waals surface area (Å²) < 4.78 is 0. The monoisotopic (exact) mass is 299 g/mol. The normalized spacial score (nSPS) is 23.4. The highest BCUT2D eigenvalue weighted by atomic mass is 16.3. The summed E-state index contributed by atoms with van der Waals surface area (Å²) in [4.78, 5) is 13.9. The second kappa shape index (κ2) is 6.25. The van der Waals surface area contributed by atoms with Gasteiger partial charge in [0.05, 0.1) is 18.6 Å². The highest BCUT2D eigenvalue weighted by Crippen LogP contribution is 2.38. The third-order valence-electron chi connectivity index (χ3n) is 4.97. The molecule has 1 N–H and O–H groups in total. The van der Waals surface area contributed by atoms with Crippen LogP contribution in [-0.4, -0.2) is 22.5 Å². The van der Waals surface area contributed by atoms with Gasteiger partial charge in [0.2, 0.25) is 5.91 Å². The lowest BCUT2D eigenvalue weighted by Crippen LogP contribution is -2.46. The van der Waals surface area contributed by atoms with Crippen LogP contribution in [0.25, 0.3) is 0 Å². The number of amides is 1. The molecular formula is C19H25NO2. The van der Waals surface area contributed by atoms with Crippen molar-refractivity contribution in [1.82, 2.24) is 4.90 Å². The van der Waals surface area contributed by atoms with E-state index in [1.54, 1.807) is 0 Å². The molecule has 0 aromatic heterocycles. The number of likely N-dealkylation sites (tertiary alicyclic amines) is 1. The van der Waals surface area contributed by atoms with Crippen LogP contribution >= 0.6 is 0 Å². The van der Waals surface area contributed by atoms with Gasteiger partial charge in [-0.3, -0.25) is 4.79 Å². The number of aryl methyl sites for hydroxylation is 1. The van der Waals surface area contributed by atoms with Crippen LogP contribution < -0.4 is 0 Å². The summed E-state index contributed by atoms with van der Waals surface area (Å²) in [5, 5.41) is 9.90. The largest absolute Gasteiger partial charge is 0.388 e. The molecule has 1 amide bonds. The Hall–Kier alpha value is -1.61. The fourth-order valence-electron chi connectivity index (χ4n) is 3.61. The summed E-state index contributed by atoms with van der Waals surface area (Å²) in [7, 11) is 0. The van der Waals surface area contributed by atoms with Crippen LogP contribution in [0.4, 0.5) is 0 Å². The van der Waals surface area contributed by atoms with Crippen molar-refractivity contribution < 1.29 is 9.90 Å². The van der Waals surface area contributed by atoms with Crippen molar-refractivity contribution in [2.75, 3.05) is 6.54 Å². The Balaban J connectivity index is 1.67. The fourth-order valence-corrected chi connectivity index (χ4v) is 3.61. The lowest BCUT2D eigenvalue weighted by atomic mass is 9.91. The number of rotatable bonds is 6. The number of carbonyl (C=O) groups is 1. The van der Waals surface area contributed by atoms with Crippen molar-refractivity contribution >= 4 is 5.91 Å². The van der Waals surface area contributed by atoms with Gasteiger partial charge in [-0.25, -0.2) is 0 Å². The Morgan fingerprint density at radius 3 is 2.95 bits per heavy atom. The van der Waals surface area contributed by atoms with Crippen molar-refractivity contribution in [3.8, 4) is 0 Å². The van der Waals surface area contributed by atoms with E-state index in [2.05, 4.69) is 25.6 Å². The number of carbonyl (C=O) groups excluding carboxylic acids is 1. The van der Waals surface area contributed by atoms with Crippen LogP contribution in [0, 0.1) is 0 Å². The molecule has 3 rings (SSSR count). The van der Waals surface area contributed by atoms with Gasteiger partial charge in [-0.1, -0.05) is 43.7 Å². The van der Waals surface area contributed by atoms with Gasteiger partial charge in [0, 0.05) is 6.54 Å². The van der Waals surface area contributed by atoms with E-state index >= 15 is 0 Å². The highest BCUT2D eigenvalue weighted by Gasteiger charge is 2.37. The minimum atomic E-state index is -0.305. The van der Waals surface area contributed by atoms with E-state index < -0.39 is 0 Å². The maximum absolute atomic E-state index is 11.9. The first-order chi connectivity index (χ1) is 10.6. The van der Waals surface area contributed by atoms with Crippen molar-refractivity contribution in [3.05, 3.63) is 47.0 Å². The molecule has 2 aliphatic rings.